The van der Waals surface area contributed by atoms with E-state index in [4.69, 9.17) is 9.15 Å². The molecule has 2 aliphatic heterocycles. The van der Waals surface area contributed by atoms with Gasteiger partial charge >= 0.3 is 6.18 Å². The number of aryl methyl sites for hydroxylation is 2. The average Bonchev–Trinajstić information content (AvgIpc) is 2.98. The van der Waals surface area contributed by atoms with Crippen molar-refractivity contribution in [2.24, 2.45) is 0 Å². The van der Waals surface area contributed by atoms with E-state index in [1.165, 1.54) is 10.6 Å². The molecule has 30 heavy (non-hydrogen) atoms. The summed E-state index contributed by atoms with van der Waals surface area (Å²) in [4.78, 5) is 24.6. The number of oxazole rings is 1. The Bertz CT molecular complexity index is 987. The lowest BCUT2D eigenvalue weighted by atomic mass is 10.1. The molecule has 2 atom stereocenters. The van der Waals surface area contributed by atoms with Gasteiger partial charge in [0, 0.05) is 26.1 Å². The zero-order valence-electron chi connectivity index (χ0n) is 17.1. The molecule has 2 aliphatic rings. The highest BCUT2D eigenvalue weighted by atomic mass is 19.4. The Morgan fingerprint density at radius 1 is 1.23 bits per heavy atom. The van der Waals surface area contributed by atoms with E-state index in [0.717, 1.165) is 4.90 Å². The van der Waals surface area contributed by atoms with Crippen LogP contribution in [0.15, 0.2) is 15.3 Å². The topological polar surface area (TPSA) is 76.6 Å². The summed E-state index contributed by atoms with van der Waals surface area (Å²) in [5.41, 5.74) is 0.0296. The number of morpholine rings is 1. The first-order valence-corrected chi connectivity index (χ1v) is 9.87. The van der Waals surface area contributed by atoms with Crippen molar-refractivity contribution in [2.75, 3.05) is 29.6 Å². The second-order valence-electron chi connectivity index (χ2n) is 7.73. The second kappa shape index (κ2) is 7.60. The summed E-state index contributed by atoms with van der Waals surface area (Å²) in [5.74, 6) is 1.20. The van der Waals surface area contributed by atoms with Crippen LogP contribution in [0.5, 0.6) is 0 Å². The van der Waals surface area contributed by atoms with Gasteiger partial charge < -0.3 is 19.0 Å². The number of fused-ring (bicyclic) bond motifs is 1. The third-order valence-corrected chi connectivity index (χ3v) is 5.59. The maximum atomic E-state index is 13.9. The molecular weight excluding hydrogens is 403 g/mol. The van der Waals surface area contributed by atoms with Crippen molar-refractivity contribution in [3.8, 4) is 0 Å². The minimum absolute atomic E-state index is 0.00446. The number of alkyl halides is 3. The van der Waals surface area contributed by atoms with Gasteiger partial charge in [0.2, 0.25) is 5.95 Å². The van der Waals surface area contributed by atoms with Crippen LogP contribution in [0, 0.1) is 13.8 Å². The van der Waals surface area contributed by atoms with Gasteiger partial charge in [-0.3, -0.25) is 9.36 Å². The molecule has 0 spiro atoms. The van der Waals surface area contributed by atoms with E-state index < -0.39 is 12.2 Å². The molecular formula is C19H24F3N5O3. The largest absolute Gasteiger partial charge is 0.446 e. The molecule has 0 bridgehead atoms. The molecule has 0 unspecified atom stereocenters. The molecule has 11 heteroatoms. The van der Waals surface area contributed by atoms with Crippen molar-refractivity contribution >= 4 is 11.8 Å². The molecule has 1 fully saturated rings. The zero-order valence-corrected chi connectivity index (χ0v) is 17.1. The number of ether oxygens (including phenoxy) is 1. The van der Waals surface area contributed by atoms with Crippen molar-refractivity contribution in [3.05, 3.63) is 33.8 Å². The van der Waals surface area contributed by atoms with E-state index in [1.807, 2.05) is 11.8 Å². The Hall–Kier alpha value is -2.56. The van der Waals surface area contributed by atoms with Gasteiger partial charge in [-0.2, -0.15) is 18.2 Å². The van der Waals surface area contributed by atoms with E-state index >= 15 is 0 Å². The third-order valence-electron chi connectivity index (χ3n) is 5.59. The van der Waals surface area contributed by atoms with Gasteiger partial charge in [0.1, 0.15) is 23.3 Å². The highest BCUT2D eigenvalue weighted by Gasteiger charge is 2.47. The maximum Gasteiger partial charge on any atom is 0.408 e. The number of nitrogens with zero attached hydrogens (tertiary/aromatic N) is 5. The van der Waals surface area contributed by atoms with Gasteiger partial charge in [0.25, 0.3) is 5.56 Å². The molecule has 0 aromatic carbocycles. The number of anilines is 2. The lowest BCUT2D eigenvalue weighted by Gasteiger charge is -2.40. The zero-order chi connectivity index (χ0) is 21.6. The van der Waals surface area contributed by atoms with Crippen molar-refractivity contribution < 1.29 is 22.3 Å². The van der Waals surface area contributed by atoms with Crippen molar-refractivity contribution in [3.63, 3.8) is 0 Å². The van der Waals surface area contributed by atoms with Crippen LogP contribution < -0.4 is 15.4 Å². The van der Waals surface area contributed by atoms with Gasteiger partial charge in [-0.25, -0.2) is 4.98 Å². The van der Waals surface area contributed by atoms with Gasteiger partial charge in [-0.1, -0.05) is 0 Å². The van der Waals surface area contributed by atoms with E-state index in [-0.39, 0.29) is 37.1 Å². The van der Waals surface area contributed by atoms with Gasteiger partial charge in [0.05, 0.1) is 25.8 Å². The Balaban J connectivity index is 1.80. The molecule has 0 aliphatic carbocycles. The molecule has 1 saturated heterocycles. The minimum atomic E-state index is -4.47. The fourth-order valence-corrected chi connectivity index (χ4v) is 4.07. The molecule has 8 nitrogen and oxygen atoms in total. The van der Waals surface area contributed by atoms with Gasteiger partial charge in [-0.15, -0.1) is 0 Å². The first kappa shape index (κ1) is 20.7. The first-order valence-electron chi connectivity index (χ1n) is 9.87. The maximum absolute atomic E-state index is 13.9. The monoisotopic (exact) mass is 427 g/mol. The third kappa shape index (κ3) is 3.78. The molecule has 4 heterocycles. The van der Waals surface area contributed by atoms with Crippen LogP contribution in [-0.2, 0) is 17.8 Å². The minimum Gasteiger partial charge on any atom is -0.446 e. The smallest absolute Gasteiger partial charge is 0.408 e. The van der Waals surface area contributed by atoms with Crippen LogP contribution in [-0.4, -0.2) is 52.6 Å². The van der Waals surface area contributed by atoms with Crippen LogP contribution in [0.1, 0.15) is 30.7 Å². The summed E-state index contributed by atoms with van der Waals surface area (Å²) < 4.78 is 53.8. The summed E-state index contributed by atoms with van der Waals surface area (Å²) in [6.45, 7) is 6.48. The fraction of sp³-hybridized carbons (Fsp3) is 0.632. The Labute approximate surface area is 171 Å². The lowest BCUT2D eigenvalue weighted by Crippen LogP contribution is -2.52. The van der Waals surface area contributed by atoms with E-state index in [9.17, 15) is 18.0 Å². The summed E-state index contributed by atoms with van der Waals surface area (Å²) in [5, 5.41) is 0. The van der Waals surface area contributed by atoms with Crippen molar-refractivity contribution in [1.29, 1.82) is 0 Å². The highest BCUT2D eigenvalue weighted by molar-refractivity contribution is 5.48. The first-order chi connectivity index (χ1) is 14.1. The number of rotatable bonds is 3. The van der Waals surface area contributed by atoms with Crippen LogP contribution in [0.3, 0.4) is 0 Å². The molecule has 0 radical (unpaired) electrons. The molecule has 2 aromatic heterocycles. The average molecular weight is 427 g/mol. The van der Waals surface area contributed by atoms with Gasteiger partial charge in [-0.05, 0) is 20.3 Å². The Morgan fingerprint density at radius 3 is 2.63 bits per heavy atom. The predicted octanol–water partition coefficient (Wildman–Crippen LogP) is 2.41. The Kier molecular flexibility index (Phi) is 5.25. The highest BCUT2D eigenvalue weighted by Crippen LogP contribution is 2.35. The van der Waals surface area contributed by atoms with Crippen LogP contribution in [0.4, 0.5) is 24.9 Å². The lowest BCUT2D eigenvalue weighted by molar-refractivity contribution is -0.153. The molecule has 4 rings (SSSR count). The van der Waals surface area contributed by atoms with Crippen LogP contribution >= 0.6 is 0 Å². The van der Waals surface area contributed by atoms with Crippen LogP contribution in [0.2, 0.25) is 0 Å². The summed E-state index contributed by atoms with van der Waals surface area (Å²) >= 11 is 0. The fourth-order valence-electron chi connectivity index (χ4n) is 4.07. The summed E-state index contributed by atoms with van der Waals surface area (Å²) in [6, 6.07) is -0.411. The molecule has 0 saturated carbocycles. The SMILES string of the molecule is Cc1nc(CN2c3nc(N4CCOC[C@H]4C)cc(=O)n3CC[C@H]2C(F)(F)F)c(C)o1. The standard InChI is InChI=1S/C19H24F3N5O3/c1-11-10-29-7-6-25(11)16-8-17(28)26-5-4-15(19(20,21)22)27(18(26)24-16)9-14-12(2)30-13(3)23-14/h8,11,15H,4-7,9-10H2,1-3H3/t11-,15+/m1/s1. The predicted molar refractivity (Wildman–Crippen MR) is 103 cm³/mol. The van der Waals surface area contributed by atoms with E-state index in [2.05, 4.69) is 9.97 Å². The summed E-state index contributed by atoms with van der Waals surface area (Å²) in [6.07, 6.45) is -4.71. The number of aromatic nitrogens is 3. The van der Waals surface area contributed by atoms with E-state index in [1.54, 1.807) is 13.8 Å². The number of halogens is 3. The molecule has 0 N–H and O–H groups in total. The molecule has 0 amide bonds. The second-order valence-corrected chi connectivity index (χ2v) is 7.73. The molecule has 164 valence electrons. The van der Waals surface area contributed by atoms with Crippen molar-refractivity contribution in [1.82, 2.24) is 14.5 Å². The van der Waals surface area contributed by atoms with Gasteiger partial charge in [0.15, 0.2) is 5.89 Å². The summed E-state index contributed by atoms with van der Waals surface area (Å²) in [7, 11) is 0. The number of hydrogen-bond acceptors (Lipinski definition) is 7. The number of hydrogen-bond donors (Lipinski definition) is 0. The van der Waals surface area contributed by atoms with Crippen molar-refractivity contribution in [2.45, 2.75) is 58.5 Å². The quantitative estimate of drug-likeness (QED) is 0.745. The van der Waals surface area contributed by atoms with E-state index in [0.29, 0.717) is 42.9 Å². The normalized spacial score (nSPS) is 22.3. The Morgan fingerprint density at radius 2 is 2.00 bits per heavy atom. The molecule has 2 aromatic rings. The van der Waals surface area contributed by atoms with Crippen LogP contribution in [0.25, 0.3) is 0 Å².